The molecule has 3 atom stereocenters. The summed E-state index contributed by atoms with van der Waals surface area (Å²) in [5.41, 5.74) is 0.135. The average Bonchev–Trinajstić information content (AvgIpc) is 2.89. The van der Waals surface area contributed by atoms with Crippen LogP contribution in [0.2, 0.25) is 0 Å². The maximum absolute atomic E-state index is 12.1. The van der Waals surface area contributed by atoms with E-state index in [1.54, 1.807) is 18.9 Å². The van der Waals surface area contributed by atoms with Crippen LogP contribution in [0.1, 0.15) is 33.1 Å². The van der Waals surface area contributed by atoms with Crippen LogP contribution in [-0.4, -0.2) is 42.8 Å². The Morgan fingerprint density at radius 3 is 2.72 bits per heavy atom. The number of ether oxygens (including phenoxy) is 1. The molecule has 1 saturated heterocycles. The smallest absolute Gasteiger partial charge is 0.238 e. The molecule has 0 radical (unpaired) electrons. The molecule has 4 nitrogen and oxygen atoms in total. The molecule has 2 rings (SSSR count). The molecule has 0 aromatic heterocycles. The lowest BCUT2D eigenvalue weighted by Gasteiger charge is -2.55. The van der Waals surface area contributed by atoms with E-state index in [-0.39, 0.29) is 23.4 Å². The lowest BCUT2D eigenvalue weighted by molar-refractivity contribution is -0.142. The summed E-state index contributed by atoms with van der Waals surface area (Å²) in [5, 5.41) is 6.44. The highest BCUT2D eigenvalue weighted by Gasteiger charge is 2.53. The topological polar surface area (TPSA) is 50.4 Å². The summed E-state index contributed by atoms with van der Waals surface area (Å²) in [6, 6.07) is 0.264. The molecule has 0 bridgehead atoms. The quantitative estimate of drug-likeness (QED) is 0.793. The van der Waals surface area contributed by atoms with Gasteiger partial charge >= 0.3 is 0 Å². The minimum atomic E-state index is -0.0111. The third-order valence-electron chi connectivity index (χ3n) is 4.74. The van der Waals surface area contributed by atoms with E-state index >= 15 is 0 Å². The number of carbonyl (C=O) groups excluding carboxylic acids is 1. The predicted molar refractivity (Wildman–Crippen MR) is 74.6 cm³/mol. The van der Waals surface area contributed by atoms with Crippen LogP contribution < -0.4 is 10.6 Å². The van der Waals surface area contributed by atoms with Gasteiger partial charge in [-0.25, -0.2) is 0 Å². The molecule has 0 unspecified atom stereocenters. The Morgan fingerprint density at radius 2 is 2.22 bits per heavy atom. The average molecular weight is 272 g/mol. The van der Waals surface area contributed by atoms with E-state index in [1.807, 2.05) is 0 Å². The maximum atomic E-state index is 12.1. The van der Waals surface area contributed by atoms with E-state index in [1.165, 1.54) is 0 Å². The highest BCUT2D eigenvalue weighted by atomic mass is 32.2. The SMILES string of the molecule is CCC1(CC)[C@@H](OC)C[C@H]1NC(=O)[C@@H]1CSCN1. The van der Waals surface area contributed by atoms with E-state index in [0.29, 0.717) is 6.10 Å². The Bertz CT molecular complexity index is 301. The monoisotopic (exact) mass is 272 g/mol. The minimum absolute atomic E-state index is 0.0111. The minimum Gasteiger partial charge on any atom is -0.381 e. The molecule has 2 N–H and O–H groups in total. The number of methoxy groups -OCH3 is 1. The van der Waals surface area contributed by atoms with Crippen molar-refractivity contribution < 1.29 is 9.53 Å². The van der Waals surface area contributed by atoms with E-state index in [2.05, 4.69) is 24.5 Å². The van der Waals surface area contributed by atoms with Gasteiger partial charge in [-0.3, -0.25) is 10.1 Å². The molecule has 0 aromatic rings. The van der Waals surface area contributed by atoms with Gasteiger partial charge in [0.2, 0.25) is 5.91 Å². The first-order chi connectivity index (χ1) is 8.67. The molecule has 104 valence electrons. The molecular formula is C13H24N2O2S. The maximum Gasteiger partial charge on any atom is 0.238 e. The van der Waals surface area contributed by atoms with Crippen LogP contribution in [-0.2, 0) is 9.53 Å². The fourth-order valence-electron chi connectivity index (χ4n) is 3.32. The van der Waals surface area contributed by atoms with Crippen molar-refractivity contribution in [1.29, 1.82) is 0 Å². The van der Waals surface area contributed by atoms with Crippen LogP contribution >= 0.6 is 11.8 Å². The molecule has 2 fully saturated rings. The number of hydrogen-bond donors (Lipinski definition) is 2. The fraction of sp³-hybridized carbons (Fsp3) is 0.923. The van der Waals surface area contributed by atoms with Gasteiger partial charge in [0.25, 0.3) is 0 Å². The Balaban J connectivity index is 1.95. The van der Waals surface area contributed by atoms with Gasteiger partial charge < -0.3 is 10.1 Å². The Kier molecular flexibility index (Phi) is 4.56. The van der Waals surface area contributed by atoms with E-state index < -0.39 is 0 Å². The highest BCUT2D eigenvalue weighted by molar-refractivity contribution is 7.99. The van der Waals surface area contributed by atoms with Crippen LogP contribution in [0.3, 0.4) is 0 Å². The summed E-state index contributed by atoms with van der Waals surface area (Å²) >= 11 is 1.78. The summed E-state index contributed by atoms with van der Waals surface area (Å²) in [6.45, 7) is 4.38. The molecule has 1 aliphatic carbocycles. The summed E-state index contributed by atoms with van der Waals surface area (Å²) < 4.78 is 5.55. The first-order valence-electron chi connectivity index (χ1n) is 6.82. The molecule has 0 spiro atoms. The third kappa shape index (κ3) is 2.28. The molecule has 0 aromatic carbocycles. The molecule has 5 heteroatoms. The zero-order valence-electron chi connectivity index (χ0n) is 11.5. The first kappa shape index (κ1) is 14.2. The number of amides is 1. The summed E-state index contributed by atoms with van der Waals surface area (Å²) in [6.07, 6.45) is 3.35. The Morgan fingerprint density at radius 1 is 1.50 bits per heavy atom. The molecule has 1 aliphatic heterocycles. The number of nitrogens with one attached hydrogen (secondary N) is 2. The summed E-state index contributed by atoms with van der Waals surface area (Å²) in [7, 11) is 1.78. The van der Waals surface area contributed by atoms with Gasteiger partial charge in [-0.2, -0.15) is 0 Å². The van der Waals surface area contributed by atoms with Crippen molar-refractivity contribution in [2.24, 2.45) is 5.41 Å². The van der Waals surface area contributed by atoms with Crippen molar-refractivity contribution >= 4 is 17.7 Å². The molecular weight excluding hydrogens is 248 g/mol. The van der Waals surface area contributed by atoms with Gasteiger partial charge in [0.15, 0.2) is 0 Å². The number of thioether (sulfide) groups is 1. The number of rotatable bonds is 5. The Hall–Kier alpha value is -0.260. The Labute approximate surface area is 114 Å². The van der Waals surface area contributed by atoms with Gasteiger partial charge in [0, 0.05) is 30.2 Å². The summed E-state index contributed by atoms with van der Waals surface area (Å²) in [4.78, 5) is 12.1. The first-order valence-corrected chi connectivity index (χ1v) is 7.97. The van der Waals surface area contributed by atoms with Crippen molar-refractivity contribution in [1.82, 2.24) is 10.6 Å². The van der Waals surface area contributed by atoms with E-state index in [0.717, 1.165) is 30.9 Å². The van der Waals surface area contributed by atoms with Crippen LogP contribution in [0.25, 0.3) is 0 Å². The van der Waals surface area contributed by atoms with Gasteiger partial charge in [-0.05, 0) is 19.3 Å². The second-order valence-electron chi connectivity index (χ2n) is 5.23. The van der Waals surface area contributed by atoms with E-state index in [4.69, 9.17) is 4.74 Å². The zero-order chi connectivity index (χ0) is 13.2. The van der Waals surface area contributed by atoms with Crippen molar-refractivity contribution in [3.8, 4) is 0 Å². The van der Waals surface area contributed by atoms with E-state index in [9.17, 15) is 4.79 Å². The van der Waals surface area contributed by atoms with Gasteiger partial charge in [0.05, 0.1) is 12.1 Å². The number of carbonyl (C=O) groups is 1. The second-order valence-corrected chi connectivity index (χ2v) is 6.26. The third-order valence-corrected chi connectivity index (χ3v) is 5.68. The number of hydrogen-bond acceptors (Lipinski definition) is 4. The molecule has 2 aliphatic rings. The van der Waals surface area contributed by atoms with Gasteiger partial charge in [-0.1, -0.05) is 13.8 Å². The van der Waals surface area contributed by atoms with Crippen LogP contribution in [0.5, 0.6) is 0 Å². The second kappa shape index (κ2) is 5.80. The predicted octanol–water partition coefficient (Wildman–Crippen LogP) is 1.36. The lowest BCUT2D eigenvalue weighted by Crippen LogP contribution is -2.65. The van der Waals surface area contributed by atoms with Crippen molar-refractivity contribution in [3.05, 3.63) is 0 Å². The van der Waals surface area contributed by atoms with Crippen LogP contribution in [0.4, 0.5) is 0 Å². The molecule has 1 heterocycles. The van der Waals surface area contributed by atoms with Crippen LogP contribution in [0.15, 0.2) is 0 Å². The molecule has 1 amide bonds. The lowest BCUT2D eigenvalue weighted by atomic mass is 9.58. The van der Waals surface area contributed by atoms with Crippen LogP contribution in [0, 0.1) is 5.41 Å². The van der Waals surface area contributed by atoms with Crippen molar-refractivity contribution in [3.63, 3.8) is 0 Å². The fourth-order valence-corrected chi connectivity index (χ4v) is 4.26. The van der Waals surface area contributed by atoms with Crippen molar-refractivity contribution in [2.75, 3.05) is 18.7 Å². The standard InChI is InChI=1S/C13H24N2O2S/c1-4-13(5-2)10(6-11(13)17-3)15-12(16)9-7-18-8-14-9/h9-11,14H,4-8H2,1-3H3,(H,15,16)/t9-,10+,11-/m0/s1. The van der Waals surface area contributed by atoms with Crippen molar-refractivity contribution in [2.45, 2.75) is 51.3 Å². The normalized spacial score (nSPS) is 34.1. The highest BCUT2D eigenvalue weighted by Crippen LogP contribution is 2.48. The largest absolute Gasteiger partial charge is 0.381 e. The summed E-state index contributed by atoms with van der Waals surface area (Å²) in [5.74, 6) is 1.93. The molecule has 18 heavy (non-hydrogen) atoms. The molecule has 1 saturated carbocycles. The van der Waals surface area contributed by atoms with Gasteiger partial charge in [0.1, 0.15) is 0 Å². The zero-order valence-corrected chi connectivity index (χ0v) is 12.3. The van der Waals surface area contributed by atoms with Gasteiger partial charge in [-0.15, -0.1) is 11.8 Å².